The van der Waals surface area contributed by atoms with Crippen LogP contribution in [0.4, 0.5) is 0 Å². The van der Waals surface area contributed by atoms with Gasteiger partial charge in [0.1, 0.15) is 0 Å². The highest BCUT2D eigenvalue weighted by atomic mass is 14.8. The van der Waals surface area contributed by atoms with Gasteiger partial charge in [0.25, 0.3) is 0 Å². The third-order valence-electron chi connectivity index (χ3n) is 4.07. The van der Waals surface area contributed by atoms with Gasteiger partial charge in [-0.05, 0) is 17.2 Å². The molecule has 0 atom stereocenters. The summed E-state index contributed by atoms with van der Waals surface area (Å²) in [5.74, 6) is 0. The standard InChI is InChI=1S/C16H14N2/c1-16(2)12-6-4-3-5-10(12)14-11-7-8-17-13(11)9-18-15(14)16/h3-9,17H,1-2H3. The van der Waals surface area contributed by atoms with Crippen molar-refractivity contribution < 1.29 is 0 Å². The molecule has 0 fully saturated rings. The van der Waals surface area contributed by atoms with Gasteiger partial charge in [0, 0.05) is 22.6 Å². The van der Waals surface area contributed by atoms with Crippen LogP contribution in [0.2, 0.25) is 0 Å². The van der Waals surface area contributed by atoms with E-state index in [2.05, 4.69) is 49.2 Å². The van der Waals surface area contributed by atoms with Crippen molar-refractivity contribution in [2.45, 2.75) is 19.3 Å². The molecule has 1 aliphatic carbocycles. The van der Waals surface area contributed by atoms with Gasteiger partial charge in [-0.25, -0.2) is 0 Å². The van der Waals surface area contributed by atoms with E-state index in [0.29, 0.717) is 0 Å². The summed E-state index contributed by atoms with van der Waals surface area (Å²) in [6.07, 6.45) is 3.93. The Morgan fingerprint density at radius 2 is 1.94 bits per heavy atom. The Morgan fingerprint density at radius 1 is 1.11 bits per heavy atom. The van der Waals surface area contributed by atoms with Crippen molar-refractivity contribution in [1.29, 1.82) is 0 Å². The predicted molar refractivity (Wildman–Crippen MR) is 73.7 cm³/mol. The molecule has 0 aliphatic heterocycles. The Labute approximate surface area is 106 Å². The molecule has 0 unspecified atom stereocenters. The summed E-state index contributed by atoms with van der Waals surface area (Å²) in [4.78, 5) is 7.94. The Bertz CT molecular complexity index is 766. The lowest BCUT2D eigenvalue weighted by Gasteiger charge is -2.19. The molecule has 88 valence electrons. The Hall–Kier alpha value is -2.09. The lowest BCUT2D eigenvalue weighted by molar-refractivity contribution is 0.638. The van der Waals surface area contributed by atoms with E-state index >= 15 is 0 Å². The highest BCUT2D eigenvalue weighted by Crippen LogP contribution is 2.49. The van der Waals surface area contributed by atoms with Crippen molar-refractivity contribution in [3.63, 3.8) is 0 Å². The zero-order chi connectivity index (χ0) is 12.3. The van der Waals surface area contributed by atoms with Crippen LogP contribution in [-0.4, -0.2) is 9.97 Å². The second kappa shape index (κ2) is 3.02. The van der Waals surface area contributed by atoms with Crippen molar-refractivity contribution in [1.82, 2.24) is 9.97 Å². The van der Waals surface area contributed by atoms with Crippen LogP contribution in [0.1, 0.15) is 25.1 Å². The fraction of sp³-hybridized carbons (Fsp3) is 0.188. The average molecular weight is 234 g/mol. The molecular formula is C16H14N2. The van der Waals surface area contributed by atoms with Gasteiger partial charge in [-0.1, -0.05) is 38.1 Å². The number of hydrogen-bond donors (Lipinski definition) is 1. The highest BCUT2D eigenvalue weighted by molar-refractivity contribution is 5.99. The molecule has 0 radical (unpaired) electrons. The number of hydrogen-bond acceptors (Lipinski definition) is 1. The lowest BCUT2D eigenvalue weighted by Crippen LogP contribution is -2.16. The summed E-state index contributed by atoms with van der Waals surface area (Å²) in [6.45, 7) is 4.51. The molecule has 4 rings (SSSR count). The number of rotatable bonds is 0. The van der Waals surface area contributed by atoms with E-state index in [4.69, 9.17) is 4.98 Å². The number of aromatic nitrogens is 2. The molecule has 1 aromatic carbocycles. The number of nitrogens with one attached hydrogen (secondary N) is 1. The quantitative estimate of drug-likeness (QED) is 0.628. The van der Waals surface area contributed by atoms with Gasteiger partial charge in [0.15, 0.2) is 0 Å². The SMILES string of the molecule is CC1(C)c2ccccc2-c2c1ncc1[nH]ccc21. The maximum atomic E-state index is 4.70. The van der Waals surface area contributed by atoms with Crippen molar-refractivity contribution >= 4 is 10.9 Å². The first kappa shape index (κ1) is 9.89. The van der Waals surface area contributed by atoms with E-state index in [1.165, 1.54) is 27.8 Å². The highest BCUT2D eigenvalue weighted by Gasteiger charge is 2.37. The zero-order valence-corrected chi connectivity index (χ0v) is 10.5. The van der Waals surface area contributed by atoms with Crippen LogP contribution in [-0.2, 0) is 5.41 Å². The summed E-state index contributed by atoms with van der Waals surface area (Å²) >= 11 is 0. The number of pyridine rings is 1. The molecule has 2 heterocycles. The van der Waals surface area contributed by atoms with Crippen LogP contribution < -0.4 is 0 Å². The minimum Gasteiger partial charge on any atom is -0.360 e. The number of benzene rings is 1. The molecule has 0 bridgehead atoms. The minimum atomic E-state index is -0.00259. The third-order valence-corrected chi connectivity index (χ3v) is 4.07. The molecule has 1 N–H and O–H groups in total. The van der Waals surface area contributed by atoms with Gasteiger partial charge in [0.2, 0.25) is 0 Å². The minimum absolute atomic E-state index is 0.00259. The van der Waals surface area contributed by atoms with Crippen molar-refractivity contribution in [3.05, 3.63) is 54.0 Å². The molecule has 0 amide bonds. The first-order valence-corrected chi connectivity index (χ1v) is 6.26. The van der Waals surface area contributed by atoms with Crippen LogP contribution in [0.3, 0.4) is 0 Å². The van der Waals surface area contributed by atoms with E-state index in [1.54, 1.807) is 0 Å². The first-order valence-electron chi connectivity index (χ1n) is 6.26. The molecule has 0 spiro atoms. The molecule has 1 aliphatic rings. The van der Waals surface area contributed by atoms with E-state index in [1.807, 2.05) is 12.4 Å². The number of H-pyrrole nitrogens is 1. The Kier molecular flexibility index (Phi) is 1.66. The van der Waals surface area contributed by atoms with E-state index < -0.39 is 0 Å². The maximum Gasteiger partial charge on any atom is 0.0646 e. The molecule has 3 aromatic rings. The Morgan fingerprint density at radius 3 is 2.83 bits per heavy atom. The fourth-order valence-electron chi connectivity index (χ4n) is 3.15. The first-order chi connectivity index (χ1) is 8.69. The molecular weight excluding hydrogens is 220 g/mol. The molecule has 18 heavy (non-hydrogen) atoms. The van der Waals surface area contributed by atoms with E-state index in [9.17, 15) is 0 Å². The van der Waals surface area contributed by atoms with Crippen LogP contribution >= 0.6 is 0 Å². The van der Waals surface area contributed by atoms with Crippen molar-refractivity contribution in [2.75, 3.05) is 0 Å². The smallest absolute Gasteiger partial charge is 0.0646 e. The van der Waals surface area contributed by atoms with Gasteiger partial charge in [-0.2, -0.15) is 0 Å². The van der Waals surface area contributed by atoms with Gasteiger partial charge in [-0.3, -0.25) is 4.98 Å². The van der Waals surface area contributed by atoms with E-state index in [0.717, 1.165) is 5.52 Å². The Balaban J connectivity index is 2.23. The molecule has 0 saturated heterocycles. The maximum absolute atomic E-state index is 4.70. The summed E-state index contributed by atoms with van der Waals surface area (Å²) < 4.78 is 0. The lowest BCUT2D eigenvalue weighted by atomic mass is 9.85. The summed E-state index contributed by atoms with van der Waals surface area (Å²) in [7, 11) is 0. The van der Waals surface area contributed by atoms with Gasteiger partial charge in [-0.15, -0.1) is 0 Å². The fourth-order valence-corrected chi connectivity index (χ4v) is 3.15. The number of nitrogens with zero attached hydrogens (tertiary/aromatic N) is 1. The van der Waals surface area contributed by atoms with E-state index in [-0.39, 0.29) is 5.41 Å². The molecule has 2 nitrogen and oxygen atoms in total. The van der Waals surface area contributed by atoms with Gasteiger partial charge in [0.05, 0.1) is 17.4 Å². The third kappa shape index (κ3) is 1.01. The van der Waals surface area contributed by atoms with Crippen LogP contribution in [0.5, 0.6) is 0 Å². The normalized spacial score (nSPS) is 15.7. The molecule has 2 heteroatoms. The largest absolute Gasteiger partial charge is 0.360 e. The van der Waals surface area contributed by atoms with Crippen molar-refractivity contribution in [2.24, 2.45) is 0 Å². The number of aromatic amines is 1. The second-order valence-corrected chi connectivity index (χ2v) is 5.46. The predicted octanol–water partition coefficient (Wildman–Crippen LogP) is 3.87. The molecule has 2 aromatic heterocycles. The van der Waals surface area contributed by atoms with Gasteiger partial charge >= 0.3 is 0 Å². The zero-order valence-electron chi connectivity index (χ0n) is 10.5. The van der Waals surface area contributed by atoms with Crippen LogP contribution in [0.15, 0.2) is 42.7 Å². The second-order valence-electron chi connectivity index (χ2n) is 5.46. The summed E-state index contributed by atoms with van der Waals surface area (Å²) in [5, 5.41) is 1.28. The van der Waals surface area contributed by atoms with Gasteiger partial charge < -0.3 is 4.98 Å². The molecule has 0 saturated carbocycles. The summed E-state index contributed by atoms with van der Waals surface area (Å²) in [5.41, 5.74) is 6.31. The average Bonchev–Trinajstić information content (AvgIpc) is 2.92. The van der Waals surface area contributed by atoms with Crippen molar-refractivity contribution in [3.8, 4) is 11.1 Å². The van der Waals surface area contributed by atoms with Crippen LogP contribution in [0.25, 0.3) is 22.0 Å². The number of fused-ring (bicyclic) bond motifs is 5. The monoisotopic (exact) mass is 234 g/mol. The summed E-state index contributed by atoms with van der Waals surface area (Å²) in [6, 6.07) is 10.8. The topological polar surface area (TPSA) is 28.7 Å². The van der Waals surface area contributed by atoms with Crippen LogP contribution in [0, 0.1) is 0 Å².